The average Bonchev–Trinajstić information content (AvgIpc) is 3.08. The van der Waals surface area contributed by atoms with Gasteiger partial charge in [0.15, 0.2) is 4.80 Å². The number of carbonyl (C=O) groups excluding carboxylic acids is 1. The number of rotatable bonds is 5. The van der Waals surface area contributed by atoms with Gasteiger partial charge in [0.05, 0.1) is 29.5 Å². The van der Waals surface area contributed by atoms with Gasteiger partial charge in [-0.1, -0.05) is 59.9 Å². The first kappa shape index (κ1) is 20.8. The van der Waals surface area contributed by atoms with E-state index in [0.29, 0.717) is 31.9 Å². The number of benzene rings is 2. The van der Waals surface area contributed by atoms with Crippen molar-refractivity contribution in [1.82, 2.24) is 4.57 Å². The fourth-order valence-corrected chi connectivity index (χ4v) is 4.73. The molecule has 0 unspecified atom stereocenters. The summed E-state index contributed by atoms with van der Waals surface area (Å²) in [4.78, 5) is 31.5. The predicted molar refractivity (Wildman–Crippen MR) is 120 cm³/mol. The molecule has 0 aliphatic carbocycles. The van der Waals surface area contributed by atoms with Crippen molar-refractivity contribution in [2.24, 2.45) is 4.99 Å². The Morgan fingerprint density at radius 1 is 1.16 bits per heavy atom. The molecule has 0 saturated carbocycles. The standard InChI is InChI=1S/C24H22N2O4S/c1-4-30-23(28)20-15(2)25-24-26(21(20)17-12-8-9-13-18(17)29-3)22(27)19(31-24)14-16-10-6-5-7-11-16/h5-14,21H,4H2,1-3H3/b19-14-/t21-/m0/s1. The summed E-state index contributed by atoms with van der Waals surface area (Å²) >= 11 is 1.30. The molecule has 1 atom stereocenters. The van der Waals surface area contributed by atoms with Crippen molar-refractivity contribution < 1.29 is 14.3 Å². The highest BCUT2D eigenvalue weighted by molar-refractivity contribution is 7.07. The molecule has 3 aromatic rings. The summed E-state index contributed by atoms with van der Waals surface area (Å²) in [5.74, 6) is 0.0960. The molecule has 0 radical (unpaired) electrons. The maximum absolute atomic E-state index is 13.5. The SMILES string of the molecule is CCOC(=O)C1=C(C)N=c2s/c(=C\c3ccccc3)c(=O)n2[C@H]1c1ccccc1OC. The lowest BCUT2D eigenvalue weighted by atomic mass is 9.95. The first-order valence-corrected chi connectivity index (χ1v) is 10.7. The lowest BCUT2D eigenvalue weighted by Gasteiger charge is -2.25. The van der Waals surface area contributed by atoms with E-state index in [1.165, 1.54) is 11.3 Å². The van der Waals surface area contributed by atoms with Gasteiger partial charge in [-0.2, -0.15) is 0 Å². The largest absolute Gasteiger partial charge is 0.496 e. The van der Waals surface area contributed by atoms with Gasteiger partial charge in [0.1, 0.15) is 11.8 Å². The summed E-state index contributed by atoms with van der Waals surface area (Å²) < 4.78 is 13.0. The molecule has 0 N–H and O–H groups in total. The Morgan fingerprint density at radius 2 is 1.87 bits per heavy atom. The molecule has 31 heavy (non-hydrogen) atoms. The van der Waals surface area contributed by atoms with E-state index in [2.05, 4.69) is 4.99 Å². The zero-order chi connectivity index (χ0) is 22.0. The molecule has 1 aromatic heterocycles. The molecule has 2 heterocycles. The van der Waals surface area contributed by atoms with Crippen LogP contribution in [0.25, 0.3) is 6.08 Å². The average molecular weight is 435 g/mol. The highest BCUT2D eigenvalue weighted by atomic mass is 32.1. The van der Waals surface area contributed by atoms with Crippen molar-refractivity contribution in [3.05, 3.63) is 96.7 Å². The number of esters is 1. The van der Waals surface area contributed by atoms with Crippen molar-refractivity contribution in [3.63, 3.8) is 0 Å². The van der Waals surface area contributed by atoms with Crippen LogP contribution < -0.4 is 19.6 Å². The topological polar surface area (TPSA) is 69.9 Å². The molecular formula is C24H22N2O4S. The van der Waals surface area contributed by atoms with Crippen LogP contribution in [0.15, 0.2) is 75.7 Å². The lowest BCUT2D eigenvalue weighted by Crippen LogP contribution is -2.40. The van der Waals surface area contributed by atoms with Crippen molar-refractivity contribution in [2.75, 3.05) is 13.7 Å². The molecule has 1 aliphatic heterocycles. The Bertz CT molecular complexity index is 1340. The third kappa shape index (κ3) is 3.84. The zero-order valence-electron chi connectivity index (χ0n) is 17.5. The highest BCUT2D eigenvalue weighted by Gasteiger charge is 2.34. The summed E-state index contributed by atoms with van der Waals surface area (Å²) in [5, 5.41) is 0. The van der Waals surface area contributed by atoms with E-state index in [0.717, 1.165) is 5.56 Å². The number of carbonyl (C=O) groups is 1. The fraction of sp³-hybridized carbons (Fsp3) is 0.208. The minimum absolute atomic E-state index is 0.210. The Morgan fingerprint density at radius 3 is 2.58 bits per heavy atom. The highest BCUT2D eigenvalue weighted by Crippen LogP contribution is 2.35. The number of ether oxygens (including phenoxy) is 2. The second kappa shape index (κ2) is 8.73. The first-order chi connectivity index (χ1) is 15.0. The number of aromatic nitrogens is 1. The summed E-state index contributed by atoms with van der Waals surface area (Å²) in [6.45, 7) is 3.75. The third-order valence-electron chi connectivity index (χ3n) is 5.05. The molecule has 0 spiro atoms. The number of thiazole rings is 1. The van der Waals surface area contributed by atoms with Crippen LogP contribution in [0.3, 0.4) is 0 Å². The van der Waals surface area contributed by atoms with E-state index in [9.17, 15) is 9.59 Å². The van der Waals surface area contributed by atoms with Gasteiger partial charge in [-0.15, -0.1) is 0 Å². The molecule has 0 fully saturated rings. The van der Waals surface area contributed by atoms with E-state index in [1.807, 2.05) is 60.7 Å². The number of fused-ring (bicyclic) bond motifs is 1. The van der Waals surface area contributed by atoms with Gasteiger partial charge in [-0.05, 0) is 31.6 Å². The number of nitrogens with zero attached hydrogens (tertiary/aromatic N) is 2. The van der Waals surface area contributed by atoms with Crippen molar-refractivity contribution in [3.8, 4) is 5.75 Å². The Labute approximate surface area is 183 Å². The molecule has 0 saturated heterocycles. The lowest BCUT2D eigenvalue weighted by molar-refractivity contribution is -0.139. The van der Waals surface area contributed by atoms with Crippen LogP contribution in [0.1, 0.15) is 31.0 Å². The summed E-state index contributed by atoms with van der Waals surface area (Å²) in [7, 11) is 1.57. The van der Waals surface area contributed by atoms with Crippen molar-refractivity contribution in [1.29, 1.82) is 0 Å². The van der Waals surface area contributed by atoms with Gasteiger partial charge in [-0.25, -0.2) is 9.79 Å². The Hall–Kier alpha value is -3.45. The Balaban J connectivity index is 2.00. The number of hydrogen-bond acceptors (Lipinski definition) is 6. The summed E-state index contributed by atoms with van der Waals surface area (Å²) in [6.07, 6.45) is 1.84. The molecular weight excluding hydrogens is 412 g/mol. The molecule has 4 rings (SSSR count). The van der Waals surface area contributed by atoms with Crippen molar-refractivity contribution in [2.45, 2.75) is 19.9 Å². The normalized spacial score (nSPS) is 16.0. The second-order valence-electron chi connectivity index (χ2n) is 6.95. The minimum atomic E-state index is -0.690. The molecule has 0 bridgehead atoms. The van der Waals surface area contributed by atoms with Crippen LogP contribution in [-0.4, -0.2) is 24.3 Å². The van der Waals surface area contributed by atoms with Crippen LogP contribution in [-0.2, 0) is 9.53 Å². The van der Waals surface area contributed by atoms with Crippen LogP contribution in [0.5, 0.6) is 5.75 Å². The number of hydrogen-bond donors (Lipinski definition) is 0. The number of allylic oxidation sites excluding steroid dienone is 1. The summed E-state index contributed by atoms with van der Waals surface area (Å²) in [6, 6.07) is 16.3. The van der Waals surface area contributed by atoms with Gasteiger partial charge < -0.3 is 9.47 Å². The maximum atomic E-state index is 13.5. The van der Waals surface area contributed by atoms with Crippen LogP contribution in [0.2, 0.25) is 0 Å². The van der Waals surface area contributed by atoms with E-state index >= 15 is 0 Å². The summed E-state index contributed by atoms with van der Waals surface area (Å²) in [5.41, 5.74) is 2.28. The number of para-hydroxylation sites is 1. The van der Waals surface area contributed by atoms with E-state index in [4.69, 9.17) is 9.47 Å². The van der Waals surface area contributed by atoms with E-state index in [-0.39, 0.29) is 12.2 Å². The molecule has 2 aromatic carbocycles. The van der Waals surface area contributed by atoms with Gasteiger partial charge in [0, 0.05) is 5.56 Å². The molecule has 6 nitrogen and oxygen atoms in total. The zero-order valence-corrected chi connectivity index (χ0v) is 18.3. The van der Waals surface area contributed by atoms with Crippen LogP contribution in [0, 0.1) is 0 Å². The van der Waals surface area contributed by atoms with Gasteiger partial charge in [0.2, 0.25) is 0 Å². The molecule has 1 aliphatic rings. The minimum Gasteiger partial charge on any atom is -0.496 e. The van der Waals surface area contributed by atoms with Gasteiger partial charge >= 0.3 is 5.97 Å². The van der Waals surface area contributed by atoms with Crippen LogP contribution in [0.4, 0.5) is 0 Å². The van der Waals surface area contributed by atoms with Gasteiger partial charge in [-0.3, -0.25) is 9.36 Å². The fourth-order valence-electron chi connectivity index (χ4n) is 3.68. The predicted octanol–water partition coefficient (Wildman–Crippen LogP) is 2.81. The van der Waals surface area contributed by atoms with Crippen LogP contribution >= 0.6 is 11.3 Å². The first-order valence-electron chi connectivity index (χ1n) is 9.92. The van der Waals surface area contributed by atoms with E-state index < -0.39 is 12.0 Å². The third-order valence-corrected chi connectivity index (χ3v) is 6.03. The molecule has 0 amide bonds. The quantitative estimate of drug-likeness (QED) is 0.579. The molecule has 158 valence electrons. The maximum Gasteiger partial charge on any atom is 0.338 e. The van der Waals surface area contributed by atoms with E-state index in [1.54, 1.807) is 25.5 Å². The monoisotopic (exact) mass is 434 g/mol. The smallest absolute Gasteiger partial charge is 0.338 e. The van der Waals surface area contributed by atoms with Gasteiger partial charge in [0.25, 0.3) is 5.56 Å². The number of methoxy groups -OCH3 is 1. The second-order valence-corrected chi connectivity index (χ2v) is 7.96. The molecule has 7 heteroatoms. The van der Waals surface area contributed by atoms with Crippen molar-refractivity contribution >= 4 is 23.4 Å². The Kier molecular flexibility index (Phi) is 5.86.